The van der Waals surface area contributed by atoms with Gasteiger partial charge in [0, 0.05) is 5.69 Å². The number of anilines is 1. The normalized spacial score (nSPS) is 10.9. The molecule has 1 amide bonds. The Bertz CT molecular complexity index is 870. The predicted molar refractivity (Wildman–Crippen MR) is 107 cm³/mol. The van der Waals surface area contributed by atoms with Crippen molar-refractivity contribution >= 4 is 17.7 Å². The lowest BCUT2D eigenvalue weighted by Crippen LogP contribution is -2.13. The summed E-state index contributed by atoms with van der Waals surface area (Å²) in [4.78, 5) is 12.3. The van der Waals surface area contributed by atoms with Gasteiger partial charge in [-0.25, -0.2) is 4.39 Å². The highest BCUT2D eigenvalue weighted by molar-refractivity contribution is 6.09. The molecule has 0 unspecified atom stereocenters. The summed E-state index contributed by atoms with van der Waals surface area (Å²) in [6.07, 6.45) is 4.63. The van der Waals surface area contributed by atoms with Crippen molar-refractivity contribution in [3.63, 3.8) is 0 Å². The summed E-state index contributed by atoms with van der Waals surface area (Å²) in [5.41, 5.74) is 0.951. The van der Waals surface area contributed by atoms with Crippen molar-refractivity contribution in [2.24, 2.45) is 0 Å². The van der Waals surface area contributed by atoms with E-state index in [1.54, 1.807) is 18.2 Å². The quantitative estimate of drug-likeness (QED) is 0.378. The van der Waals surface area contributed by atoms with Gasteiger partial charge in [-0.1, -0.05) is 25.8 Å². The SMILES string of the molecule is CCCCCOc1ccc(/C=C(\C#N)C(=O)Nc2ccc(F)cc2)cc1OC. The minimum Gasteiger partial charge on any atom is -0.493 e. The monoisotopic (exact) mass is 382 g/mol. The molecule has 2 rings (SSSR count). The number of rotatable bonds is 9. The van der Waals surface area contributed by atoms with Gasteiger partial charge in [-0.3, -0.25) is 4.79 Å². The molecule has 0 aromatic heterocycles. The molecule has 5 nitrogen and oxygen atoms in total. The maximum atomic E-state index is 13.0. The van der Waals surface area contributed by atoms with Crippen molar-refractivity contribution in [3.05, 3.63) is 59.4 Å². The van der Waals surface area contributed by atoms with Crippen LogP contribution in [-0.2, 0) is 4.79 Å². The Labute approximate surface area is 164 Å². The molecule has 0 fully saturated rings. The second-order valence-electron chi connectivity index (χ2n) is 6.10. The Hall–Kier alpha value is -3.33. The van der Waals surface area contributed by atoms with E-state index in [1.807, 2.05) is 6.07 Å². The maximum Gasteiger partial charge on any atom is 0.266 e. The molecular weight excluding hydrogens is 359 g/mol. The van der Waals surface area contributed by atoms with E-state index < -0.39 is 11.7 Å². The van der Waals surface area contributed by atoms with Gasteiger partial charge < -0.3 is 14.8 Å². The number of hydrogen-bond acceptors (Lipinski definition) is 4. The van der Waals surface area contributed by atoms with Crippen molar-refractivity contribution < 1.29 is 18.7 Å². The average Bonchev–Trinajstić information content (AvgIpc) is 2.71. The summed E-state index contributed by atoms with van der Waals surface area (Å²) in [6.45, 7) is 2.73. The van der Waals surface area contributed by atoms with Crippen LogP contribution < -0.4 is 14.8 Å². The topological polar surface area (TPSA) is 71.3 Å². The van der Waals surface area contributed by atoms with Crippen molar-refractivity contribution in [1.29, 1.82) is 5.26 Å². The van der Waals surface area contributed by atoms with E-state index in [0.29, 0.717) is 29.4 Å². The molecule has 1 N–H and O–H groups in total. The zero-order valence-corrected chi connectivity index (χ0v) is 16.0. The zero-order chi connectivity index (χ0) is 20.4. The summed E-state index contributed by atoms with van der Waals surface area (Å²) < 4.78 is 24.0. The molecule has 6 heteroatoms. The van der Waals surface area contributed by atoms with Crippen LogP contribution in [0.2, 0.25) is 0 Å². The van der Waals surface area contributed by atoms with Crippen molar-refractivity contribution in [2.45, 2.75) is 26.2 Å². The average molecular weight is 382 g/mol. The molecule has 0 bridgehead atoms. The number of nitriles is 1. The summed E-state index contributed by atoms with van der Waals surface area (Å²) in [5.74, 6) is 0.164. The van der Waals surface area contributed by atoms with E-state index in [4.69, 9.17) is 9.47 Å². The number of hydrogen-bond donors (Lipinski definition) is 1. The van der Waals surface area contributed by atoms with E-state index in [-0.39, 0.29) is 5.57 Å². The lowest BCUT2D eigenvalue weighted by Gasteiger charge is -2.11. The number of unbranched alkanes of at least 4 members (excludes halogenated alkanes) is 2. The summed E-state index contributed by atoms with van der Waals surface area (Å²) in [6, 6.07) is 12.4. The van der Waals surface area contributed by atoms with Gasteiger partial charge in [0.15, 0.2) is 11.5 Å². The molecule has 2 aromatic rings. The minimum absolute atomic E-state index is 0.0806. The minimum atomic E-state index is -0.576. The number of halogens is 1. The molecular formula is C22H23FN2O3. The van der Waals surface area contributed by atoms with Crippen molar-refractivity contribution in [1.82, 2.24) is 0 Å². The highest BCUT2D eigenvalue weighted by Gasteiger charge is 2.11. The molecule has 146 valence electrons. The number of amides is 1. The molecule has 0 aliphatic carbocycles. The van der Waals surface area contributed by atoms with Crippen LogP contribution in [0.5, 0.6) is 11.5 Å². The number of nitrogens with zero attached hydrogens (tertiary/aromatic N) is 1. The molecule has 0 saturated heterocycles. The fourth-order valence-corrected chi connectivity index (χ4v) is 2.47. The van der Waals surface area contributed by atoms with E-state index in [1.165, 1.54) is 37.5 Å². The lowest BCUT2D eigenvalue weighted by molar-refractivity contribution is -0.112. The molecule has 0 radical (unpaired) electrons. The first-order valence-electron chi connectivity index (χ1n) is 9.07. The smallest absolute Gasteiger partial charge is 0.266 e. The third-order valence-corrected chi connectivity index (χ3v) is 3.97. The largest absolute Gasteiger partial charge is 0.493 e. The standard InChI is InChI=1S/C22H23FN2O3/c1-3-4-5-12-28-20-11-6-16(14-21(20)27-2)13-17(15-24)22(26)25-19-9-7-18(23)8-10-19/h6-11,13-14H,3-5,12H2,1-2H3,(H,25,26)/b17-13+. The summed E-state index contributed by atoms with van der Waals surface area (Å²) in [7, 11) is 1.54. The number of carbonyl (C=O) groups excluding carboxylic acids is 1. The first-order chi connectivity index (χ1) is 13.6. The first-order valence-corrected chi connectivity index (χ1v) is 9.07. The van der Waals surface area contributed by atoms with Crippen LogP contribution in [0, 0.1) is 17.1 Å². The van der Waals surface area contributed by atoms with E-state index in [9.17, 15) is 14.4 Å². The van der Waals surface area contributed by atoms with E-state index >= 15 is 0 Å². The zero-order valence-electron chi connectivity index (χ0n) is 16.0. The van der Waals surface area contributed by atoms with Gasteiger partial charge in [-0.15, -0.1) is 0 Å². The molecule has 28 heavy (non-hydrogen) atoms. The second-order valence-corrected chi connectivity index (χ2v) is 6.10. The Morgan fingerprint density at radius 3 is 2.57 bits per heavy atom. The summed E-state index contributed by atoms with van der Waals surface area (Å²) >= 11 is 0. The van der Waals surface area contributed by atoms with Crippen molar-refractivity contribution in [3.8, 4) is 17.6 Å². The third-order valence-electron chi connectivity index (χ3n) is 3.97. The predicted octanol–water partition coefficient (Wildman–Crippen LogP) is 4.95. The van der Waals surface area contributed by atoms with E-state index in [0.717, 1.165) is 19.3 Å². The third kappa shape index (κ3) is 6.13. The molecule has 0 spiro atoms. The highest BCUT2D eigenvalue weighted by atomic mass is 19.1. The van der Waals surface area contributed by atoms with Gasteiger partial charge >= 0.3 is 0 Å². The Kier molecular flexibility index (Phi) is 8.04. The van der Waals surface area contributed by atoms with Crippen LogP contribution in [0.25, 0.3) is 6.08 Å². The summed E-state index contributed by atoms with van der Waals surface area (Å²) in [5, 5.41) is 11.9. The van der Waals surface area contributed by atoms with Crippen LogP contribution in [0.15, 0.2) is 48.0 Å². The fraction of sp³-hybridized carbons (Fsp3) is 0.273. The van der Waals surface area contributed by atoms with Crippen LogP contribution >= 0.6 is 0 Å². The maximum absolute atomic E-state index is 13.0. The van der Waals surface area contributed by atoms with Gasteiger partial charge in [-0.05, 0) is 54.5 Å². The van der Waals surface area contributed by atoms with Gasteiger partial charge in [0.25, 0.3) is 5.91 Å². The van der Waals surface area contributed by atoms with Gasteiger partial charge in [0.1, 0.15) is 17.5 Å². The van der Waals surface area contributed by atoms with Gasteiger partial charge in [0.05, 0.1) is 13.7 Å². The lowest BCUT2D eigenvalue weighted by atomic mass is 10.1. The van der Waals surface area contributed by atoms with Crippen LogP contribution in [0.1, 0.15) is 31.7 Å². The van der Waals surface area contributed by atoms with E-state index in [2.05, 4.69) is 12.2 Å². The van der Waals surface area contributed by atoms with Crippen LogP contribution in [-0.4, -0.2) is 19.6 Å². The number of benzene rings is 2. The molecule has 0 aliphatic rings. The highest BCUT2D eigenvalue weighted by Crippen LogP contribution is 2.29. The van der Waals surface area contributed by atoms with Gasteiger partial charge in [-0.2, -0.15) is 5.26 Å². The fourth-order valence-electron chi connectivity index (χ4n) is 2.47. The molecule has 0 heterocycles. The van der Waals surface area contributed by atoms with Gasteiger partial charge in [0.2, 0.25) is 0 Å². The molecule has 0 atom stereocenters. The Morgan fingerprint density at radius 1 is 1.18 bits per heavy atom. The number of methoxy groups -OCH3 is 1. The van der Waals surface area contributed by atoms with Crippen molar-refractivity contribution in [2.75, 3.05) is 19.0 Å². The molecule has 2 aromatic carbocycles. The first kappa shape index (κ1) is 21.0. The number of carbonyl (C=O) groups is 1. The Morgan fingerprint density at radius 2 is 1.93 bits per heavy atom. The number of nitrogens with one attached hydrogen (secondary N) is 1. The molecule has 0 saturated carbocycles. The molecule has 0 aliphatic heterocycles. The Balaban J connectivity index is 2.13. The van der Waals surface area contributed by atoms with Crippen LogP contribution in [0.4, 0.5) is 10.1 Å². The van der Waals surface area contributed by atoms with Crippen LogP contribution in [0.3, 0.4) is 0 Å². The number of ether oxygens (including phenoxy) is 2. The second kappa shape index (κ2) is 10.7.